The molecule has 1 atom stereocenters. The number of thiazole rings is 1. The summed E-state index contributed by atoms with van der Waals surface area (Å²) in [6.45, 7) is 1.70. The van der Waals surface area contributed by atoms with E-state index in [0.29, 0.717) is 19.0 Å². The van der Waals surface area contributed by atoms with Gasteiger partial charge in [0, 0.05) is 30.7 Å². The van der Waals surface area contributed by atoms with Crippen molar-refractivity contribution in [3.05, 3.63) is 41.4 Å². The maximum Gasteiger partial charge on any atom is 0.224 e. The van der Waals surface area contributed by atoms with E-state index < -0.39 is 0 Å². The van der Waals surface area contributed by atoms with Crippen LogP contribution in [-0.2, 0) is 11.2 Å². The molecule has 1 saturated heterocycles. The van der Waals surface area contributed by atoms with Crippen LogP contribution < -0.4 is 15.0 Å². The van der Waals surface area contributed by atoms with Crippen molar-refractivity contribution < 1.29 is 9.53 Å². The summed E-state index contributed by atoms with van der Waals surface area (Å²) in [5.41, 5.74) is 0.992. The van der Waals surface area contributed by atoms with Crippen LogP contribution in [0.1, 0.15) is 18.4 Å². The standard InChI is InChI=1S/C17H21N3O2S/c1-22-15-6-4-13(5-7-15)11-16(21)19-12-14-3-2-9-20(14)17-18-8-10-23-17/h4-8,10,14H,2-3,9,11-12H2,1H3,(H,19,21). The van der Waals surface area contributed by atoms with E-state index in [0.717, 1.165) is 35.8 Å². The second kappa shape index (κ2) is 7.46. The third-order valence-corrected chi connectivity index (χ3v) is 4.91. The van der Waals surface area contributed by atoms with E-state index in [1.54, 1.807) is 18.4 Å². The van der Waals surface area contributed by atoms with Gasteiger partial charge in [0.05, 0.1) is 13.5 Å². The topological polar surface area (TPSA) is 54.5 Å². The Morgan fingerprint density at radius 2 is 2.26 bits per heavy atom. The molecule has 1 aliphatic heterocycles. The first-order chi connectivity index (χ1) is 11.3. The third-order valence-electron chi connectivity index (χ3n) is 4.10. The van der Waals surface area contributed by atoms with Crippen molar-refractivity contribution in [2.75, 3.05) is 25.1 Å². The normalized spacial score (nSPS) is 17.3. The molecule has 1 unspecified atom stereocenters. The van der Waals surface area contributed by atoms with E-state index in [4.69, 9.17) is 4.74 Å². The summed E-state index contributed by atoms with van der Waals surface area (Å²) in [7, 11) is 1.64. The molecule has 1 aromatic carbocycles. The number of hydrogen-bond acceptors (Lipinski definition) is 5. The molecule has 0 radical (unpaired) electrons. The maximum absolute atomic E-state index is 12.1. The molecule has 0 saturated carbocycles. The lowest BCUT2D eigenvalue weighted by Gasteiger charge is -2.24. The zero-order chi connectivity index (χ0) is 16.1. The van der Waals surface area contributed by atoms with Crippen LogP contribution in [0.3, 0.4) is 0 Å². The van der Waals surface area contributed by atoms with Gasteiger partial charge in [-0.25, -0.2) is 4.98 Å². The number of carbonyl (C=O) groups excluding carboxylic acids is 1. The van der Waals surface area contributed by atoms with Crippen molar-refractivity contribution in [3.8, 4) is 5.75 Å². The number of hydrogen-bond donors (Lipinski definition) is 1. The molecule has 1 fully saturated rings. The predicted octanol–water partition coefficient (Wildman–Crippen LogP) is 2.48. The minimum Gasteiger partial charge on any atom is -0.497 e. The SMILES string of the molecule is COc1ccc(CC(=O)NCC2CCCN2c2nccs2)cc1. The molecule has 1 aliphatic rings. The highest BCUT2D eigenvalue weighted by atomic mass is 32.1. The van der Waals surface area contributed by atoms with E-state index in [1.165, 1.54) is 0 Å². The van der Waals surface area contributed by atoms with Crippen molar-refractivity contribution in [2.24, 2.45) is 0 Å². The van der Waals surface area contributed by atoms with Crippen molar-refractivity contribution in [1.29, 1.82) is 0 Å². The first-order valence-corrected chi connectivity index (χ1v) is 8.70. The van der Waals surface area contributed by atoms with Gasteiger partial charge < -0.3 is 15.0 Å². The fourth-order valence-electron chi connectivity index (χ4n) is 2.88. The molecule has 0 bridgehead atoms. The first-order valence-electron chi connectivity index (χ1n) is 7.82. The van der Waals surface area contributed by atoms with Gasteiger partial charge in [-0.15, -0.1) is 11.3 Å². The highest BCUT2D eigenvalue weighted by Crippen LogP contribution is 2.26. The first kappa shape index (κ1) is 15.8. The van der Waals surface area contributed by atoms with Crippen LogP contribution in [0.5, 0.6) is 5.75 Å². The molecule has 1 aromatic heterocycles. The van der Waals surface area contributed by atoms with E-state index in [2.05, 4.69) is 15.2 Å². The molecule has 1 amide bonds. The molecule has 2 aromatic rings. The number of nitrogens with one attached hydrogen (secondary N) is 1. The molecule has 1 N–H and O–H groups in total. The predicted molar refractivity (Wildman–Crippen MR) is 92.2 cm³/mol. The van der Waals surface area contributed by atoms with Crippen molar-refractivity contribution in [2.45, 2.75) is 25.3 Å². The van der Waals surface area contributed by atoms with Gasteiger partial charge in [0.2, 0.25) is 5.91 Å². The van der Waals surface area contributed by atoms with Crippen LogP contribution in [0, 0.1) is 0 Å². The molecule has 3 rings (SSSR count). The van der Waals surface area contributed by atoms with Crippen molar-refractivity contribution in [3.63, 3.8) is 0 Å². The highest BCUT2D eigenvalue weighted by molar-refractivity contribution is 7.13. The number of nitrogens with zero attached hydrogens (tertiary/aromatic N) is 2. The Hall–Kier alpha value is -2.08. The lowest BCUT2D eigenvalue weighted by atomic mass is 10.1. The Morgan fingerprint density at radius 3 is 2.96 bits per heavy atom. The van der Waals surface area contributed by atoms with Crippen molar-refractivity contribution >= 4 is 22.4 Å². The smallest absolute Gasteiger partial charge is 0.224 e. The van der Waals surface area contributed by atoms with Crippen LogP contribution in [-0.4, -0.2) is 37.1 Å². The molecular weight excluding hydrogens is 310 g/mol. The van der Waals surface area contributed by atoms with Gasteiger partial charge in [0.15, 0.2) is 5.13 Å². The third kappa shape index (κ3) is 4.01. The fraction of sp³-hybridized carbons (Fsp3) is 0.412. The Kier molecular flexibility index (Phi) is 5.12. The van der Waals surface area contributed by atoms with Gasteiger partial charge >= 0.3 is 0 Å². The summed E-state index contributed by atoms with van der Waals surface area (Å²) < 4.78 is 5.13. The van der Waals surface area contributed by atoms with Gasteiger partial charge in [0.1, 0.15) is 5.75 Å². The second-order valence-corrected chi connectivity index (χ2v) is 6.51. The summed E-state index contributed by atoms with van der Waals surface area (Å²) in [5.74, 6) is 0.861. The second-order valence-electron chi connectivity index (χ2n) is 5.63. The Morgan fingerprint density at radius 1 is 1.43 bits per heavy atom. The molecule has 2 heterocycles. The summed E-state index contributed by atoms with van der Waals surface area (Å²) in [5, 5.41) is 6.10. The number of carbonyl (C=O) groups is 1. The van der Waals surface area contributed by atoms with E-state index >= 15 is 0 Å². The Bertz CT molecular complexity index is 628. The molecule has 23 heavy (non-hydrogen) atoms. The largest absolute Gasteiger partial charge is 0.497 e. The number of aromatic nitrogens is 1. The highest BCUT2D eigenvalue weighted by Gasteiger charge is 2.26. The average Bonchev–Trinajstić information content (AvgIpc) is 3.24. The number of benzene rings is 1. The summed E-state index contributed by atoms with van der Waals surface area (Å²) in [6.07, 6.45) is 4.48. The monoisotopic (exact) mass is 331 g/mol. The number of rotatable bonds is 6. The van der Waals surface area contributed by atoms with Crippen molar-refractivity contribution in [1.82, 2.24) is 10.3 Å². The maximum atomic E-state index is 12.1. The minimum atomic E-state index is 0.0566. The number of ether oxygens (including phenoxy) is 1. The van der Waals surface area contributed by atoms with Gasteiger partial charge in [-0.2, -0.15) is 0 Å². The quantitative estimate of drug-likeness (QED) is 0.883. The van der Waals surface area contributed by atoms with Gasteiger partial charge in [-0.1, -0.05) is 12.1 Å². The zero-order valence-electron chi connectivity index (χ0n) is 13.2. The van der Waals surface area contributed by atoms with Gasteiger partial charge in [-0.3, -0.25) is 4.79 Å². The summed E-state index contributed by atoms with van der Waals surface area (Å²) in [4.78, 5) is 18.8. The van der Waals surface area contributed by atoms with Gasteiger partial charge in [0.25, 0.3) is 0 Å². The Balaban J connectivity index is 1.50. The van der Waals surface area contributed by atoms with Crippen LogP contribution in [0.25, 0.3) is 0 Å². The zero-order valence-corrected chi connectivity index (χ0v) is 14.0. The minimum absolute atomic E-state index is 0.0566. The lowest BCUT2D eigenvalue weighted by molar-refractivity contribution is -0.120. The molecule has 0 spiro atoms. The van der Waals surface area contributed by atoms with E-state index in [-0.39, 0.29) is 5.91 Å². The Labute approximate surface area is 140 Å². The fourth-order valence-corrected chi connectivity index (χ4v) is 3.62. The van der Waals surface area contributed by atoms with E-state index in [9.17, 15) is 4.79 Å². The van der Waals surface area contributed by atoms with E-state index in [1.807, 2.05) is 35.8 Å². The number of methoxy groups -OCH3 is 1. The van der Waals surface area contributed by atoms with Crippen LogP contribution >= 0.6 is 11.3 Å². The lowest BCUT2D eigenvalue weighted by Crippen LogP contribution is -2.40. The molecule has 5 nitrogen and oxygen atoms in total. The van der Waals surface area contributed by atoms with Crippen LogP contribution in [0.4, 0.5) is 5.13 Å². The molecule has 122 valence electrons. The summed E-state index contributed by atoms with van der Waals surface area (Å²) >= 11 is 1.65. The van der Waals surface area contributed by atoms with Crippen LogP contribution in [0.15, 0.2) is 35.8 Å². The average molecular weight is 331 g/mol. The van der Waals surface area contributed by atoms with Gasteiger partial charge in [-0.05, 0) is 30.5 Å². The van der Waals surface area contributed by atoms with Crippen LogP contribution in [0.2, 0.25) is 0 Å². The summed E-state index contributed by atoms with van der Waals surface area (Å²) in [6, 6.07) is 7.96. The number of amides is 1. The molecular formula is C17H21N3O2S. The molecule has 0 aliphatic carbocycles. The number of anilines is 1. The molecule has 6 heteroatoms.